The smallest absolute Gasteiger partial charge is 0.309 e. The molecule has 188 valence electrons. The van der Waals surface area contributed by atoms with E-state index in [9.17, 15) is 4.79 Å². The molecule has 0 saturated carbocycles. The van der Waals surface area contributed by atoms with Gasteiger partial charge < -0.3 is 9.64 Å². The van der Waals surface area contributed by atoms with E-state index in [1.54, 1.807) is 24.3 Å². The minimum absolute atomic E-state index is 0.0587. The summed E-state index contributed by atoms with van der Waals surface area (Å²) in [5.41, 5.74) is 4.06. The Kier molecular flexibility index (Phi) is 9.59. The maximum Gasteiger partial charge on any atom is 0.309 e. The molecule has 2 aromatic carbocycles. The van der Waals surface area contributed by atoms with Crippen molar-refractivity contribution in [2.45, 2.75) is 61.8 Å². The summed E-state index contributed by atoms with van der Waals surface area (Å²) < 4.78 is 5.75. The zero-order chi connectivity index (χ0) is 26.2. The van der Waals surface area contributed by atoms with Gasteiger partial charge in [0.15, 0.2) is 0 Å². The van der Waals surface area contributed by atoms with Gasteiger partial charge in [-0.2, -0.15) is 15.5 Å². The second-order valence-electron chi connectivity index (χ2n) is 11.3. The third kappa shape index (κ3) is 8.83. The summed E-state index contributed by atoms with van der Waals surface area (Å²) in [6, 6.07) is 15.1. The van der Waals surface area contributed by atoms with Crippen molar-refractivity contribution >= 4 is 23.0 Å². The molecule has 6 heteroatoms. The second kappa shape index (κ2) is 12.0. The molecule has 1 unspecified atom stereocenters. The molecule has 0 spiro atoms. The summed E-state index contributed by atoms with van der Waals surface area (Å²) >= 11 is 0. The molecular formula is C29H40N4O2. The standard InChI is InChI=1S/C29H40N4O2/c1-9-33(16-17-35-27(34)25(29(6,7)8)19-28(3,4)5)24-14-15-26(21(2)18-24)32-31-23-12-10-22(20-30)11-13-23/h10-15,18,25H,9,16-17,19H2,1-8H3. The normalized spacial score (nSPS) is 12.9. The fraction of sp³-hybridized carbons (Fsp3) is 0.517. The van der Waals surface area contributed by atoms with Gasteiger partial charge >= 0.3 is 5.97 Å². The van der Waals surface area contributed by atoms with Gasteiger partial charge in [-0.3, -0.25) is 4.79 Å². The van der Waals surface area contributed by atoms with Crippen LogP contribution in [-0.4, -0.2) is 25.7 Å². The van der Waals surface area contributed by atoms with Crippen LogP contribution in [0.4, 0.5) is 17.1 Å². The van der Waals surface area contributed by atoms with E-state index in [-0.39, 0.29) is 22.7 Å². The fourth-order valence-corrected chi connectivity index (χ4v) is 3.85. The first kappa shape index (κ1) is 28.0. The molecule has 0 saturated heterocycles. The summed E-state index contributed by atoms with van der Waals surface area (Å²) in [6.45, 7) is 18.7. The van der Waals surface area contributed by atoms with Crippen molar-refractivity contribution in [1.29, 1.82) is 5.26 Å². The molecular weight excluding hydrogens is 436 g/mol. The van der Waals surface area contributed by atoms with E-state index in [2.05, 4.69) is 75.7 Å². The molecule has 0 heterocycles. The van der Waals surface area contributed by atoms with Gasteiger partial charge in [-0.15, -0.1) is 0 Å². The molecule has 0 aliphatic heterocycles. The maximum absolute atomic E-state index is 12.9. The number of rotatable bonds is 9. The molecule has 0 aliphatic rings. The van der Waals surface area contributed by atoms with E-state index >= 15 is 0 Å². The van der Waals surface area contributed by atoms with Crippen LogP contribution in [0.3, 0.4) is 0 Å². The van der Waals surface area contributed by atoms with Crippen LogP contribution in [0.5, 0.6) is 0 Å². The molecule has 2 rings (SSSR count). The average molecular weight is 477 g/mol. The van der Waals surface area contributed by atoms with Gasteiger partial charge in [0.25, 0.3) is 0 Å². The molecule has 0 amide bonds. The van der Waals surface area contributed by atoms with E-state index in [0.717, 1.165) is 29.9 Å². The molecule has 0 radical (unpaired) electrons. The van der Waals surface area contributed by atoms with Crippen molar-refractivity contribution in [2.75, 3.05) is 24.6 Å². The number of nitrogens with zero attached hydrogens (tertiary/aromatic N) is 4. The first-order chi connectivity index (χ1) is 16.3. The number of carbonyl (C=O) groups is 1. The number of carbonyl (C=O) groups excluding carboxylic acids is 1. The predicted molar refractivity (Wildman–Crippen MR) is 142 cm³/mol. The lowest BCUT2D eigenvalue weighted by atomic mass is 9.72. The Morgan fingerprint density at radius 2 is 1.71 bits per heavy atom. The number of azo groups is 1. The summed E-state index contributed by atoms with van der Waals surface area (Å²) in [4.78, 5) is 15.1. The average Bonchev–Trinajstić information content (AvgIpc) is 2.78. The fourth-order valence-electron chi connectivity index (χ4n) is 3.85. The van der Waals surface area contributed by atoms with E-state index in [1.807, 2.05) is 19.1 Å². The van der Waals surface area contributed by atoms with E-state index in [0.29, 0.717) is 24.4 Å². The third-order valence-electron chi connectivity index (χ3n) is 5.95. The van der Waals surface area contributed by atoms with Crippen molar-refractivity contribution in [3.63, 3.8) is 0 Å². The zero-order valence-electron chi connectivity index (χ0n) is 22.6. The van der Waals surface area contributed by atoms with Crippen LogP contribution in [0.1, 0.15) is 66.0 Å². The van der Waals surface area contributed by atoms with Gasteiger partial charge in [-0.05, 0) is 79.1 Å². The Balaban J connectivity index is 2.02. The highest BCUT2D eigenvalue weighted by Gasteiger charge is 2.35. The van der Waals surface area contributed by atoms with Crippen LogP contribution >= 0.6 is 0 Å². The number of nitriles is 1. The van der Waals surface area contributed by atoms with Gasteiger partial charge in [0.1, 0.15) is 6.61 Å². The van der Waals surface area contributed by atoms with Crippen molar-refractivity contribution < 1.29 is 9.53 Å². The predicted octanol–water partition coefficient (Wildman–Crippen LogP) is 7.75. The summed E-state index contributed by atoms with van der Waals surface area (Å²) in [6.07, 6.45) is 0.796. The Morgan fingerprint density at radius 3 is 2.23 bits per heavy atom. The number of ether oxygens (including phenoxy) is 1. The van der Waals surface area contributed by atoms with Crippen molar-refractivity contribution in [3.8, 4) is 6.07 Å². The lowest BCUT2D eigenvalue weighted by Crippen LogP contribution is -2.35. The van der Waals surface area contributed by atoms with Gasteiger partial charge in [0, 0.05) is 12.2 Å². The molecule has 0 aromatic heterocycles. The summed E-state index contributed by atoms with van der Waals surface area (Å²) in [5, 5.41) is 17.6. The van der Waals surface area contributed by atoms with Crippen LogP contribution in [0.25, 0.3) is 0 Å². The molecule has 0 fully saturated rings. The number of hydrogen-bond acceptors (Lipinski definition) is 6. The number of esters is 1. The van der Waals surface area contributed by atoms with Crippen molar-refractivity contribution in [2.24, 2.45) is 27.0 Å². The topological polar surface area (TPSA) is 78.0 Å². The molecule has 6 nitrogen and oxygen atoms in total. The molecule has 35 heavy (non-hydrogen) atoms. The highest BCUT2D eigenvalue weighted by atomic mass is 16.5. The van der Waals surface area contributed by atoms with Crippen LogP contribution < -0.4 is 4.90 Å². The molecule has 0 bridgehead atoms. The summed E-state index contributed by atoms with van der Waals surface area (Å²) in [5.74, 6) is -0.251. The molecule has 0 N–H and O–H groups in total. The van der Waals surface area contributed by atoms with Gasteiger partial charge in [0.05, 0.1) is 35.5 Å². The zero-order valence-corrected chi connectivity index (χ0v) is 22.6. The van der Waals surface area contributed by atoms with Gasteiger partial charge in [-0.1, -0.05) is 41.5 Å². The van der Waals surface area contributed by atoms with Crippen LogP contribution in [0.15, 0.2) is 52.7 Å². The highest BCUT2D eigenvalue weighted by Crippen LogP contribution is 2.36. The highest BCUT2D eigenvalue weighted by molar-refractivity contribution is 5.73. The molecule has 2 aromatic rings. The van der Waals surface area contributed by atoms with Crippen LogP contribution in [0, 0.1) is 35.0 Å². The number of likely N-dealkylation sites (N-methyl/N-ethyl adjacent to an activating group) is 1. The minimum atomic E-state index is -0.145. The first-order valence-corrected chi connectivity index (χ1v) is 12.3. The monoisotopic (exact) mass is 476 g/mol. The first-order valence-electron chi connectivity index (χ1n) is 12.3. The maximum atomic E-state index is 12.9. The molecule has 1 atom stereocenters. The summed E-state index contributed by atoms with van der Waals surface area (Å²) in [7, 11) is 0. The lowest BCUT2D eigenvalue weighted by molar-refractivity contribution is -0.153. The van der Waals surface area contributed by atoms with E-state index < -0.39 is 0 Å². The Morgan fingerprint density at radius 1 is 1.06 bits per heavy atom. The Labute approximate surface area is 211 Å². The van der Waals surface area contributed by atoms with Gasteiger partial charge in [-0.25, -0.2) is 0 Å². The van der Waals surface area contributed by atoms with E-state index in [1.165, 1.54) is 0 Å². The molecule has 0 aliphatic carbocycles. The Hall–Kier alpha value is -3.20. The lowest BCUT2D eigenvalue weighted by Gasteiger charge is -2.34. The van der Waals surface area contributed by atoms with E-state index in [4.69, 9.17) is 10.00 Å². The van der Waals surface area contributed by atoms with Crippen LogP contribution in [-0.2, 0) is 9.53 Å². The minimum Gasteiger partial charge on any atom is -0.464 e. The third-order valence-corrected chi connectivity index (χ3v) is 5.95. The quantitative estimate of drug-likeness (QED) is 0.274. The SMILES string of the molecule is CCN(CCOC(=O)C(CC(C)(C)C)C(C)(C)C)c1ccc(N=Nc2ccc(C#N)cc2)c(C)c1. The number of hydrogen-bond donors (Lipinski definition) is 0. The van der Waals surface area contributed by atoms with Crippen molar-refractivity contribution in [3.05, 3.63) is 53.6 Å². The van der Waals surface area contributed by atoms with Crippen LogP contribution in [0.2, 0.25) is 0 Å². The van der Waals surface area contributed by atoms with Gasteiger partial charge in [0.2, 0.25) is 0 Å². The number of aryl methyl sites for hydroxylation is 1. The largest absolute Gasteiger partial charge is 0.464 e. The number of anilines is 1. The van der Waals surface area contributed by atoms with Crippen molar-refractivity contribution in [1.82, 2.24) is 0 Å². The second-order valence-corrected chi connectivity index (χ2v) is 11.3. The Bertz CT molecular complexity index is 1050. The number of benzene rings is 2.